The highest BCUT2D eigenvalue weighted by atomic mass is 79.9. The number of amides is 1. The number of nitrogens with zero attached hydrogens (tertiary/aromatic N) is 1. The van der Waals surface area contributed by atoms with Gasteiger partial charge in [-0.25, -0.2) is 0 Å². The van der Waals surface area contributed by atoms with Crippen LogP contribution in [0.25, 0.3) is 0 Å². The normalized spacial score (nSPS) is 12.4. The number of hydrogen-bond acceptors (Lipinski definition) is 5. The molecule has 0 radical (unpaired) electrons. The SMILES string of the molecule is N#C/C(=C/NCc1ccccc1Br)C(=O)NCc1ccc2c(c1)OCO2. The lowest BCUT2D eigenvalue weighted by Crippen LogP contribution is -2.25. The number of carbonyl (C=O) groups is 1. The van der Waals surface area contributed by atoms with Crippen LogP contribution in [-0.4, -0.2) is 12.7 Å². The molecule has 2 N–H and O–H groups in total. The van der Waals surface area contributed by atoms with E-state index in [1.165, 1.54) is 6.20 Å². The van der Waals surface area contributed by atoms with Gasteiger partial charge in [-0.1, -0.05) is 40.2 Å². The van der Waals surface area contributed by atoms with Crippen molar-refractivity contribution in [3.63, 3.8) is 0 Å². The summed E-state index contributed by atoms with van der Waals surface area (Å²) in [5, 5.41) is 14.9. The molecule has 0 spiro atoms. The Hall–Kier alpha value is -2.98. The van der Waals surface area contributed by atoms with Crippen LogP contribution in [0.2, 0.25) is 0 Å². The molecule has 1 aliphatic rings. The van der Waals surface area contributed by atoms with Gasteiger partial charge in [-0.2, -0.15) is 5.26 Å². The monoisotopic (exact) mass is 413 g/mol. The summed E-state index contributed by atoms with van der Waals surface area (Å²) in [5.41, 5.74) is 1.90. The summed E-state index contributed by atoms with van der Waals surface area (Å²) in [6, 6.07) is 15.1. The van der Waals surface area contributed by atoms with Crippen molar-refractivity contribution in [3.05, 3.63) is 69.8 Å². The molecule has 0 aliphatic carbocycles. The van der Waals surface area contributed by atoms with E-state index in [1.807, 2.05) is 42.5 Å². The second kappa shape index (κ2) is 8.41. The predicted molar refractivity (Wildman–Crippen MR) is 99.1 cm³/mol. The maximum absolute atomic E-state index is 12.2. The zero-order valence-electron chi connectivity index (χ0n) is 13.8. The highest BCUT2D eigenvalue weighted by Crippen LogP contribution is 2.32. The van der Waals surface area contributed by atoms with Gasteiger partial charge in [0.1, 0.15) is 11.6 Å². The Morgan fingerprint density at radius 2 is 2.00 bits per heavy atom. The molecule has 132 valence electrons. The molecular weight excluding hydrogens is 398 g/mol. The Kier molecular flexibility index (Phi) is 5.77. The minimum Gasteiger partial charge on any atom is -0.454 e. The van der Waals surface area contributed by atoms with Gasteiger partial charge in [-0.05, 0) is 29.3 Å². The molecule has 1 aliphatic heterocycles. The van der Waals surface area contributed by atoms with Crippen molar-refractivity contribution in [2.24, 2.45) is 0 Å². The van der Waals surface area contributed by atoms with E-state index in [-0.39, 0.29) is 12.4 Å². The predicted octanol–water partition coefficient (Wildman–Crippen LogP) is 2.99. The number of nitriles is 1. The first-order valence-corrected chi connectivity index (χ1v) is 8.70. The van der Waals surface area contributed by atoms with Crippen LogP contribution in [0.5, 0.6) is 11.5 Å². The minimum absolute atomic E-state index is 0.0118. The molecule has 1 amide bonds. The van der Waals surface area contributed by atoms with E-state index in [0.29, 0.717) is 24.6 Å². The van der Waals surface area contributed by atoms with E-state index in [0.717, 1.165) is 15.6 Å². The van der Waals surface area contributed by atoms with Gasteiger partial charge >= 0.3 is 0 Å². The fourth-order valence-electron chi connectivity index (χ4n) is 2.38. The van der Waals surface area contributed by atoms with Crippen molar-refractivity contribution in [2.45, 2.75) is 13.1 Å². The summed E-state index contributed by atoms with van der Waals surface area (Å²) >= 11 is 3.46. The molecule has 2 aromatic carbocycles. The summed E-state index contributed by atoms with van der Waals surface area (Å²) in [6.07, 6.45) is 1.43. The third kappa shape index (κ3) is 4.35. The Bertz CT molecular complexity index is 890. The number of hydrogen-bond donors (Lipinski definition) is 2. The summed E-state index contributed by atoms with van der Waals surface area (Å²) in [6.45, 7) is 0.996. The summed E-state index contributed by atoms with van der Waals surface area (Å²) < 4.78 is 11.5. The van der Waals surface area contributed by atoms with Crippen LogP contribution in [0, 0.1) is 11.3 Å². The van der Waals surface area contributed by atoms with Crippen LogP contribution in [-0.2, 0) is 17.9 Å². The van der Waals surface area contributed by atoms with E-state index in [4.69, 9.17) is 9.47 Å². The highest BCUT2D eigenvalue weighted by molar-refractivity contribution is 9.10. The third-order valence-electron chi connectivity index (χ3n) is 3.75. The molecule has 6 nitrogen and oxygen atoms in total. The molecule has 0 saturated heterocycles. The molecule has 0 unspecified atom stereocenters. The standard InChI is InChI=1S/C19H16BrN3O3/c20-16-4-2-1-3-14(16)10-22-11-15(8-21)19(24)23-9-13-5-6-17-18(7-13)26-12-25-17/h1-7,11,22H,9-10,12H2,(H,23,24)/b15-11-. The Morgan fingerprint density at radius 3 is 2.81 bits per heavy atom. The van der Waals surface area contributed by atoms with Crippen molar-refractivity contribution in [1.29, 1.82) is 5.26 Å². The van der Waals surface area contributed by atoms with Crippen LogP contribution in [0.1, 0.15) is 11.1 Å². The molecule has 0 fully saturated rings. The lowest BCUT2D eigenvalue weighted by molar-refractivity contribution is -0.117. The number of ether oxygens (including phenoxy) is 2. The van der Waals surface area contributed by atoms with Crippen molar-refractivity contribution < 1.29 is 14.3 Å². The van der Waals surface area contributed by atoms with Gasteiger partial charge < -0.3 is 20.1 Å². The van der Waals surface area contributed by atoms with Gasteiger partial charge in [0.05, 0.1) is 0 Å². The number of fused-ring (bicyclic) bond motifs is 1. The third-order valence-corrected chi connectivity index (χ3v) is 4.53. The van der Waals surface area contributed by atoms with Crippen LogP contribution < -0.4 is 20.1 Å². The van der Waals surface area contributed by atoms with Crippen LogP contribution in [0.3, 0.4) is 0 Å². The number of nitrogens with one attached hydrogen (secondary N) is 2. The second-order valence-electron chi connectivity index (χ2n) is 5.51. The zero-order chi connectivity index (χ0) is 18.4. The first kappa shape index (κ1) is 17.8. The molecule has 0 aromatic heterocycles. The first-order valence-electron chi connectivity index (χ1n) is 7.91. The maximum Gasteiger partial charge on any atom is 0.263 e. The fourth-order valence-corrected chi connectivity index (χ4v) is 2.81. The van der Waals surface area contributed by atoms with Gasteiger partial charge in [0.25, 0.3) is 5.91 Å². The Balaban J connectivity index is 1.55. The van der Waals surface area contributed by atoms with E-state index in [9.17, 15) is 10.1 Å². The number of benzene rings is 2. The first-order chi connectivity index (χ1) is 12.7. The Labute approximate surface area is 159 Å². The van der Waals surface area contributed by atoms with Crippen molar-refractivity contribution in [1.82, 2.24) is 10.6 Å². The molecule has 2 aromatic rings. The zero-order valence-corrected chi connectivity index (χ0v) is 15.4. The molecule has 3 rings (SSSR count). The number of carbonyl (C=O) groups excluding carboxylic acids is 1. The smallest absolute Gasteiger partial charge is 0.263 e. The number of rotatable bonds is 6. The quantitative estimate of drug-likeness (QED) is 0.561. The largest absolute Gasteiger partial charge is 0.454 e. The molecule has 1 heterocycles. The van der Waals surface area contributed by atoms with E-state index in [1.54, 1.807) is 6.07 Å². The lowest BCUT2D eigenvalue weighted by atomic mass is 10.2. The van der Waals surface area contributed by atoms with Crippen molar-refractivity contribution in [2.75, 3.05) is 6.79 Å². The molecule has 0 bridgehead atoms. The number of halogens is 1. The average molecular weight is 414 g/mol. The van der Waals surface area contributed by atoms with Crippen molar-refractivity contribution in [3.8, 4) is 17.6 Å². The summed E-state index contributed by atoms with van der Waals surface area (Å²) in [4.78, 5) is 12.2. The van der Waals surface area contributed by atoms with Gasteiger partial charge in [-0.15, -0.1) is 0 Å². The maximum atomic E-state index is 12.2. The van der Waals surface area contributed by atoms with E-state index >= 15 is 0 Å². The van der Waals surface area contributed by atoms with E-state index < -0.39 is 5.91 Å². The average Bonchev–Trinajstić information content (AvgIpc) is 3.12. The van der Waals surface area contributed by atoms with Crippen LogP contribution in [0.4, 0.5) is 0 Å². The molecule has 26 heavy (non-hydrogen) atoms. The van der Waals surface area contributed by atoms with Gasteiger partial charge in [0.2, 0.25) is 6.79 Å². The molecule has 7 heteroatoms. The van der Waals surface area contributed by atoms with Gasteiger partial charge in [0.15, 0.2) is 11.5 Å². The van der Waals surface area contributed by atoms with Gasteiger partial charge in [0, 0.05) is 23.8 Å². The van der Waals surface area contributed by atoms with E-state index in [2.05, 4.69) is 26.6 Å². The fraction of sp³-hybridized carbons (Fsp3) is 0.158. The van der Waals surface area contributed by atoms with Crippen LogP contribution >= 0.6 is 15.9 Å². The minimum atomic E-state index is -0.440. The Morgan fingerprint density at radius 1 is 1.19 bits per heavy atom. The summed E-state index contributed by atoms with van der Waals surface area (Å²) in [5.74, 6) is 0.904. The van der Waals surface area contributed by atoms with Gasteiger partial charge in [-0.3, -0.25) is 4.79 Å². The second-order valence-corrected chi connectivity index (χ2v) is 6.37. The summed E-state index contributed by atoms with van der Waals surface area (Å²) in [7, 11) is 0. The molecule has 0 atom stereocenters. The molecular formula is C19H16BrN3O3. The lowest BCUT2D eigenvalue weighted by Gasteiger charge is -2.07. The van der Waals surface area contributed by atoms with Crippen molar-refractivity contribution >= 4 is 21.8 Å². The van der Waals surface area contributed by atoms with Crippen LogP contribution in [0.15, 0.2) is 58.7 Å². The topological polar surface area (TPSA) is 83.4 Å². The molecule has 0 saturated carbocycles. The highest BCUT2D eigenvalue weighted by Gasteiger charge is 2.14.